The highest BCUT2D eigenvalue weighted by Gasteiger charge is 2.08. The molecule has 1 rings (SSSR count). The molecule has 0 aliphatic rings. The van der Waals surface area contributed by atoms with Crippen molar-refractivity contribution >= 4 is 11.6 Å². The zero-order valence-corrected chi connectivity index (χ0v) is 11.7. The molecule has 1 aromatic rings. The molecule has 0 saturated carbocycles. The SMILES string of the molecule is CC(=O)Nc1ccc(OC[C@@H](O)C[NH2+]C(C)C)cc1. The van der Waals surface area contributed by atoms with E-state index in [1.54, 1.807) is 24.3 Å². The summed E-state index contributed by atoms with van der Waals surface area (Å²) in [5.41, 5.74) is 0.730. The lowest BCUT2D eigenvalue weighted by atomic mass is 10.3. The molecule has 19 heavy (non-hydrogen) atoms. The van der Waals surface area contributed by atoms with Crippen molar-refractivity contribution in [2.45, 2.75) is 32.9 Å². The van der Waals surface area contributed by atoms with E-state index in [0.717, 1.165) is 5.69 Å². The molecule has 5 heteroatoms. The van der Waals surface area contributed by atoms with Crippen LogP contribution in [-0.2, 0) is 4.79 Å². The Morgan fingerprint density at radius 3 is 2.53 bits per heavy atom. The molecule has 0 bridgehead atoms. The lowest BCUT2D eigenvalue weighted by Gasteiger charge is -2.13. The molecule has 0 unspecified atom stereocenters. The number of nitrogens with two attached hydrogens (primary N) is 1. The molecule has 0 aliphatic heterocycles. The van der Waals surface area contributed by atoms with E-state index in [9.17, 15) is 9.90 Å². The molecule has 1 aromatic carbocycles. The Bertz CT molecular complexity index is 390. The molecular formula is C14H23N2O3+. The monoisotopic (exact) mass is 267 g/mol. The van der Waals surface area contributed by atoms with Gasteiger partial charge in [0.25, 0.3) is 0 Å². The molecule has 0 aliphatic carbocycles. The first-order valence-corrected chi connectivity index (χ1v) is 6.49. The summed E-state index contributed by atoms with van der Waals surface area (Å²) < 4.78 is 5.48. The maximum atomic E-state index is 10.9. The van der Waals surface area contributed by atoms with Crippen LogP contribution in [0.4, 0.5) is 5.69 Å². The fourth-order valence-electron chi connectivity index (χ4n) is 1.53. The maximum absolute atomic E-state index is 10.9. The second-order valence-electron chi connectivity index (χ2n) is 4.89. The number of ether oxygens (including phenoxy) is 1. The van der Waals surface area contributed by atoms with Gasteiger partial charge in [-0.15, -0.1) is 0 Å². The van der Waals surface area contributed by atoms with Crippen LogP contribution in [-0.4, -0.2) is 36.3 Å². The van der Waals surface area contributed by atoms with Gasteiger partial charge in [-0.05, 0) is 38.1 Å². The summed E-state index contributed by atoms with van der Waals surface area (Å²) in [6.45, 7) is 6.51. The summed E-state index contributed by atoms with van der Waals surface area (Å²) in [7, 11) is 0. The van der Waals surface area contributed by atoms with Gasteiger partial charge in [0, 0.05) is 12.6 Å². The number of nitrogens with one attached hydrogen (secondary N) is 1. The molecule has 106 valence electrons. The highest BCUT2D eigenvalue weighted by Crippen LogP contribution is 2.15. The smallest absolute Gasteiger partial charge is 0.221 e. The van der Waals surface area contributed by atoms with E-state index in [4.69, 9.17) is 4.74 Å². The van der Waals surface area contributed by atoms with Crippen LogP contribution in [0, 0.1) is 0 Å². The molecule has 0 aromatic heterocycles. The molecule has 1 amide bonds. The van der Waals surface area contributed by atoms with E-state index in [-0.39, 0.29) is 12.5 Å². The molecule has 4 N–H and O–H groups in total. The molecule has 1 atom stereocenters. The highest BCUT2D eigenvalue weighted by atomic mass is 16.5. The summed E-state index contributed by atoms with van der Waals surface area (Å²) >= 11 is 0. The Hall–Kier alpha value is -1.59. The summed E-state index contributed by atoms with van der Waals surface area (Å²) in [5, 5.41) is 14.5. The minimum Gasteiger partial charge on any atom is -0.491 e. The summed E-state index contributed by atoms with van der Waals surface area (Å²) in [4.78, 5) is 10.9. The molecule has 5 nitrogen and oxygen atoms in total. The van der Waals surface area contributed by atoms with Crippen molar-refractivity contribution in [2.75, 3.05) is 18.5 Å². The lowest BCUT2D eigenvalue weighted by Crippen LogP contribution is -2.90. The van der Waals surface area contributed by atoms with Gasteiger partial charge >= 0.3 is 0 Å². The van der Waals surface area contributed by atoms with E-state index in [1.807, 2.05) is 0 Å². The average Bonchev–Trinajstić information content (AvgIpc) is 2.35. The Kier molecular flexibility index (Phi) is 6.32. The number of hydrogen-bond donors (Lipinski definition) is 3. The number of benzene rings is 1. The van der Waals surface area contributed by atoms with Crippen LogP contribution in [0.5, 0.6) is 5.75 Å². The molecule has 0 radical (unpaired) electrons. The number of anilines is 1. The minimum absolute atomic E-state index is 0.103. The van der Waals surface area contributed by atoms with Gasteiger partial charge in [-0.3, -0.25) is 4.79 Å². The molecule has 0 fully saturated rings. The van der Waals surface area contributed by atoms with Crippen LogP contribution < -0.4 is 15.4 Å². The Balaban J connectivity index is 2.35. The Morgan fingerprint density at radius 1 is 1.37 bits per heavy atom. The van der Waals surface area contributed by atoms with E-state index in [0.29, 0.717) is 18.3 Å². The van der Waals surface area contributed by atoms with Crippen LogP contribution in [0.15, 0.2) is 24.3 Å². The summed E-state index contributed by atoms with van der Waals surface area (Å²) in [5.74, 6) is 0.575. The third-order valence-electron chi connectivity index (χ3n) is 2.50. The van der Waals surface area contributed by atoms with Crippen molar-refractivity contribution in [1.82, 2.24) is 0 Å². The van der Waals surface area contributed by atoms with Crippen LogP contribution in [0.1, 0.15) is 20.8 Å². The first kappa shape index (κ1) is 15.5. The molecule has 0 spiro atoms. The van der Waals surface area contributed by atoms with Crippen molar-refractivity contribution in [2.24, 2.45) is 0 Å². The number of amides is 1. The summed E-state index contributed by atoms with van der Waals surface area (Å²) in [6.07, 6.45) is -0.488. The largest absolute Gasteiger partial charge is 0.491 e. The Morgan fingerprint density at radius 2 is 2.00 bits per heavy atom. The fourth-order valence-corrected chi connectivity index (χ4v) is 1.53. The van der Waals surface area contributed by atoms with Gasteiger partial charge in [-0.1, -0.05) is 0 Å². The number of carbonyl (C=O) groups is 1. The number of hydrogen-bond acceptors (Lipinski definition) is 3. The molecular weight excluding hydrogens is 244 g/mol. The predicted molar refractivity (Wildman–Crippen MR) is 74.2 cm³/mol. The third kappa shape index (κ3) is 6.79. The number of quaternary nitrogens is 1. The van der Waals surface area contributed by atoms with E-state index in [2.05, 4.69) is 24.5 Å². The first-order chi connectivity index (χ1) is 8.97. The highest BCUT2D eigenvalue weighted by molar-refractivity contribution is 5.88. The predicted octanol–water partition coefficient (Wildman–Crippen LogP) is 0.356. The average molecular weight is 267 g/mol. The Labute approximate surface area is 114 Å². The van der Waals surface area contributed by atoms with Crippen molar-refractivity contribution in [1.29, 1.82) is 0 Å². The number of aliphatic hydroxyl groups is 1. The van der Waals surface area contributed by atoms with Crippen LogP contribution in [0.25, 0.3) is 0 Å². The van der Waals surface area contributed by atoms with Crippen LogP contribution in [0.2, 0.25) is 0 Å². The standard InChI is InChI=1S/C14H22N2O3/c1-10(2)15-8-13(18)9-19-14-6-4-12(5-7-14)16-11(3)17/h4-7,10,13,15,18H,8-9H2,1-3H3,(H,16,17)/p+1/t13-/m0/s1. The van der Waals surface area contributed by atoms with Gasteiger partial charge in [0.1, 0.15) is 25.0 Å². The van der Waals surface area contributed by atoms with Crippen molar-refractivity contribution in [3.8, 4) is 5.75 Å². The molecule has 0 heterocycles. The topological polar surface area (TPSA) is 75.2 Å². The maximum Gasteiger partial charge on any atom is 0.221 e. The van der Waals surface area contributed by atoms with Gasteiger partial charge in [-0.2, -0.15) is 0 Å². The zero-order chi connectivity index (χ0) is 14.3. The number of rotatable bonds is 7. The van der Waals surface area contributed by atoms with Gasteiger partial charge < -0.3 is 20.5 Å². The quantitative estimate of drug-likeness (QED) is 0.667. The number of carbonyl (C=O) groups excluding carboxylic acids is 1. The van der Waals surface area contributed by atoms with Gasteiger partial charge in [-0.25, -0.2) is 0 Å². The van der Waals surface area contributed by atoms with Gasteiger partial charge in [0.05, 0.1) is 6.04 Å². The summed E-state index contributed by atoms with van der Waals surface area (Å²) in [6, 6.07) is 7.53. The van der Waals surface area contributed by atoms with Crippen molar-refractivity contribution in [3.05, 3.63) is 24.3 Å². The second kappa shape index (κ2) is 7.76. The zero-order valence-electron chi connectivity index (χ0n) is 11.7. The van der Waals surface area contributed by atoms with E-state index >= 15 is 0 Å². The molecule has 0 saturated heterocycles. The van der Waals surface area contributed by atoms with Crippen molar-refractivity contribution in [3.63, 3.8) is 0 Å². The van der Waals surface area contributed by atoms with E-state index in [1.165, 1.54) is 6.92 Å². The van der Waals surface area contributed by atoms with Crippen LogP contribution in [0.3, 0.4) is 0 Å². The van der Waals surface area contributed by atoms with Gasteiger partial charge in [0.2, 0.25) is 5.91 Å². The third-order valence-corrected chi connectivity index (χ3v) is 2.50. The lowest BCUT2D eigenvalue weighted by molar-refractivity contribution is -0.688. The van der Waals surface area contributed by atoms with Crippen molar-refractivity contribution < 1.29 is 20.0 Å². The normalized spacial score (nSPS) is 12.3. The first-order valence-electron chi connectivity index (χ1n) is 6.49. The van der Waals surface area contributed by atoms with Crippen LogP contribution >= 0.6 is 0 Å². The second-order valence-corrected chi connectivity index (χ2v) is 4.89. The fraction of sp³-hybridized carbons (Fsp3) is 0.500. The van der Waals surface area contributed by atoms with E-state index < -0.39 is 6.10 Å². The number of aliphatic hydroxyl groups excluding tert-OH is 1. The minimum atomic E-state index is -0.488. The van der Waals surface area contributed by atoms with Gasteiger partial charge in [0.15, 0.2) is 0 Å².